The molecule has 0 bridgehead atoms. The van der Waals surface area contributed by atoms with Gasteiger partial charge in [-0.2, -0.15) is 0 Å². The molecule has 2 heterocycles. The first kappa shape index (κ1) is 15.4. The monoisotopic (exact) mass is 334 g/mol. The highest BCUT2D eigenvalue weighted by atomic mass is 16.5. The van der Waals surface area contributed by atoms with Crippen molar-refractivity contribution in [2.45, 2.75) is 18.4 Å². The van der Waals surface area contributed by atoms with Crippen LogP contribution >= 0.6 is 0 Å². The van der Waals surface area contributed by atoms with E-state index < -0.39 is 0 Å². The average molecular weight is 334 g/mol. The molecule has 2 unspecified atom stereocenters. The third kappa shape index (κ3) is 2.86. The van der Waals surface area contributed by atoms with E-state index in [1.807, 2.05) is 0 Å². The maximum absolute atomic E-state index is 5.46. The molecule has 1 aliphatic carbocycles. The van der Waals surface area contributed by atoms with Gasteiger partial charge < -0.3 is 9.64 Å². The summed E-state index contributed by atoms with van der Waals surface area (Å²) in [5, 5.41) is 0. The van der Waals surface area contributed by atoms with Gasteiger partial charge in [-0.15, -0.1) is 0 Å². The highest BCUT2D eigenvalue weighted by molar-refractivity contribution is 5.51. The number of ether oxygens (including phenoxy) is 1. The third-order valence-corrected chi connectivity index (χ3v) is 6.28. The molecular weight excluding hydrogens is 308 g/mol. The number of nitrogens with zero attached hydrogens (tertiary/aromatic N) is 2. The van der Waals surface area contributed by atoms with Gasteiger partial charge in [-0.25, -0.2) is 0 Å². The second-order valence-corrected chi connectivity index (χ2v) is 7.86. The van der Waals surface area contributed by atoms with Gasteiger partial charge in [0.2, 0.25) is 0 Å². The van der Waals surface area contributed by atoms with Crippen molar-refractivity contribution in [1.82, 2.24) is 4.90 Å². The van der Waals surface area contributed by atoms with Gasteiger partial charge in [-0.1, -0.05) is 42.5 Å². The third-order valence-electron chi connectivity index (χ3n) is 6.28. The van der Waals surface area contributed by atoms with Crippen molar-refractivity contribution < 1.29 is 4.74 Å². The fraction of sp³-hybridized carbons (Fsp3) is 0.455. The van der Waals surface area contributed by atoms with Crippen molar-refractivity contribution in [3.05, 3.63) is 65.7 Å². The van der Waals surface area contributed by atoms with Gasteiger partial charge in [0.1, 0.15) is 0 Å². The van der Waals surface area contributed by atoms with Gasteiger partial charge in [-0.05, 0) is 35.6 Å². The minimum atomic E-state index is 0.429. The summed E-state index contributed by atoms with van der Waals surface area (Å²) in [7, 11) is 0. The molecule has 0 aromatic heterocycles. The molecule has 0 amide bonds. The maximum atomic E-state index is 5.46. The van der Waals surface area contributed by atoms with Crippen LogP contribution in [-0.2, 0) is 16.7 Å². The van der Waals surface area contributed by atoms with Gasteiger partial charge in [0, 0.05) is 43.8 Å². The summed E-state index contributed by atoms with van der Waals surface area (Å²) in [4.78, 5) is 5.07. The van der Waals surface area contributed by atoms with E-state index in [0.717, 1.165) is 38.8 Å². The molecule has 130 valence electrons. The fourth-order valence-corrected chi connectivity index (χ4v) is 4.82. The fourth-order valence-electron chi connectivity index (χ4n) is 4.82. The highest BCUT2D eigenvalue weighted by Crippen LogP contribution is 2.59. The Morgan fingerprint density at radius 2 is 1.72 bits per heavy atom. The van der Waals surface area contributed by atoms with E-state index in [1.165, 1.54) is 30.8 Å². The second kappa shape index (κ2) is 6.15. The molecule has 3 fully saturated rings. The SMILES string of the molecule is c1ccc(CN2CC3CC3(c3ccc(N4CCOCC4)cc3)C2)cc1. The van der Waals surface area contributed by atoms with Crippen LogP contribution in [0.2, 0.25) is 0 Å². The number of fused-ring (bicyclic) bond motifs is 1. The van der Waals surface area contributed by atoms with Crippen LogP contribution in [0.15, 0.2) is 54.6 Å². The van der Waals surface area contributed by atoms with Crippen LogP contribution in [0.25, 0.3) is 0 Å². The van der Waals surface area contributed by atoms with Gasteiger partial charge in [0.05, 0.1) is 13.2 Å². The van der Waals surface area contributed by atoms with Crippen LogP contribution in [-0.4, -0.2) is 44.3 Å². The Labute approximate surface area is 150 Å². The van der Waals surface area contributed by atoms with Crippen LogP contribution in [0.3, 0.4) is 0 Å². The predicted molar refractivity (Wildman–Crippen MR) is 101 cm³/mol. The van der Waals surface area contributed by atoms with Crippen molar-refractivity contribution >= 4 is 5.69 Å². The molecule has 2 aromatic rings. The summed E-state index contributed by atoms with van der Waals surface area (Å²) < 4.78 is 5.46. The highest BCUT2D eigenvalue weighted by Gasteiger charge is 2.60. The van der Waals surface area contributed by atoms with Gasteiger partial charge in [0.25, 0.3) is 0 Å². The Bertz CT molecular complexity index is 723. The topological polar surface area (TPSA) is 15.7 Å². The molecule has 5 rings (SSSR count). The number of likely N-dealkylation sites (tertiary alicyclic amines) is 1. The van der Waals surface area contributed by atoms with Crippen molar-refractivity contribution in [2.24, 2.45) is 5.92 Å². The number of rotatable bonds is 4. The summed E-state index contributed by atoms with van der Waals surface area (Å²) in [6.45, 7) is 7.27. The summed E-state index contributed by atoms with van der Waals surface area (Å²) in [5.74, 6) is 0.852. The Morgan fingerprint density at radius 3 is 2.48 bits per heavy atom. The minimum Gasteiger partial charge on any atom is -0.378 e. The molecular formula is C22H26N2O. The quantitative estimate of drug-likeness (QED) is 0.853. The maximum Gasteiger partial charge on any atom is 0.0642 e. The molecule has 2 aliphatic heterocycles. The number of morpholine rings is 1. The molecule has 0 radical (unpaired) electrons. The Morgan fingerprint density at radius 1 is 0.960 bits per heavy atom. The lowest BCUT2D eigenvalue weighted by Gasteiger charge is -2.29. The zero-order valence-corrected chi connectivity index (χ0v) is 14.7. The minimum absolute atomic E-state index is 0.429. The Kier molecular flexibility index (Phi) is 3.79. The second-order valence-electron chi connectivity index (χ2n) is 7.86. The summed E-state index contributed by atoms with van der Waals surface area (Å²) in [5.41, 5.74) is 4.75. The van der Waals surface area contributed by atoms with Crippen molar-refractivity contribution in [3.63, 3.8) is 0 Å². The molecule has 0 spiro atoms. The lowest BCUT2D eigenvalue weighted by atomic mass is 9.94. The van der Waals surface area contributed by atoms with Crippen LogP contribution in [0.1, 0.15) is 17.5 Å². The Balaban J connectivity index is 1.28. The molecule has 25 heavy (non-hydrogen) atoms. The van der Waals surface area contributed by atoms with E-state index in [-0.39, 0.29) is 0 Å². The molecule has 3 aliphatic rings. The van der Waals surface area contributed by atoms with Crippen LogP contribution < -0.4 is 4.90 Å². The largest absolute Gasteiger partial charge is 0.378 e. The Hall–Kier alpha value is -1.84. The first-order valence-electron chi connectivity index (χ1n) is 9.53. The predicted octanol–water partition coefficient (Wildman–Crippen LogP) is 3.30. The smallest absolute Gasteiger partial charge is 0.0642 e. The van der Waals surface area contributed by atoms with Crippen molar-refractivity contribution in [2.75, 3.05) is 44.3 Å². The van der Waals surface area contributed by atoms with E-state index in [0.29, 0.717) is 5.41 Å². The normalized spacial score (nSPS) is 28.8. The molecule has 1 saturated carbocycles. The summed E-state index contributed by atoms with van der Waals surface area (Å²) in [6, 6.07) is 20.3. The lowest BCUT2D eigenvalue weighted by molar-refractivity contribution is 0.122. The molecule has 0 N–H and O–H groups in total. The standard InChI is InChI=1S/C22H26N2O/c1-2-4-18(5-3-1)15-23-16-20-14-22(20,17-23)19-6-8-21(9-7-19)24-10-12-25-13-11-24/h1-9,20H,10-17H2. The molecule has 2 aromatic carbocycles. The average Bonchev–Trinajstić information content (AvgIpc) is 3.25. The summed E-state index contributed by atoms with van der Waals surface area (Å²) >= 11 is 0. The van der Waals surface area contributed by atoms with Gasteiger partial charge in [-0.3, -0.25) is 4.90 Å². The van der Waals surface area contributed by atoms with Crippen molar-refractivity contribution in [1.29, 1.82) is 0 Å². The molecule has 3 nitrogen and oxygen atoms in total. The number of hydrogen-bond acceptors (Lipinski definition) is 3. The zero-order chi connectivity index (χ0) is 16.7. The van der Waals surface area contributed by atoms with Gasteiger partial charge in [0.15, 0.2) is 0 Å². The van der Waals surface area contributed by atoms with E-state index >= 15 is 0 Å². The van der Waals surface area contributed by atoms with E-state index in [1.54, 1.807) is 5.56 Å². The van der Waals surface area contributed by atoms with E-state index in [2.05, 4.69) is 64.4 Å². The van der Waals surface area contributed by atoms with E-state index in [4.69, 9.17) is 4.74 Å². The summed E-state index contributed by atoms with van der Waals surface area (Å²) in [6.07, 6.45) is 1.37. The lowest BCUT2D eigenvalue weighted by Crippen LogP contribution is -2.36. The van der Waals surface area contributed by atoms with Crippen molar-refractivity contribution in [3.8, 4) is 0 Å². The molecule has 3 heteroatoms. The van der Waals surface area contributed by atoms with Gasteiger partial charge >= 0.3 is 0 Å². The zero-order valence-electron chi connectivity index (χ0n) is 14.7. The number of hydrogen-bond donors (Lipinski definition) is 0. The first-order chi connectivity index (χ1) is 12.3. The number of benzene rings is 2. The molecule has 2 saturated heterocycles. The van der Waals surface area contributed by atoms with Crippen LogP contribution in [0.4, 0.5) is 5.69 Å². The van der Waals surface area contributed by atoms with Crippen LogP contribution in [0.5, 0.6) is 0 Å². The number of piperidine rings is 1. The molecule has 2 atom stereocenters. The first-order valence-corrected chi connectivity index (χ1v) is 9.53. The van der Waals surface area contributed by atoms with E-state index in [9.17, 15) is 0 Å². The number of anilines is 1. The van der Waals surface area contributed by atoms with Crippen LogP contribution in [0, 0.1) is 5.92 Å².